The van der Waals surface area contributed by atoms with Crippen molar-refractivity contribution >= 4 is 11.3 Å². The van der Waals surface area contributed by atoms with Crippen LogP contribution in [-0.2, 0) is 0 Å². The number of aromatic nitrogens is 2. The second kappa shape index (κ2) is 3.99. The number of rotatable bonds is 2. The van der Waals surface area contributed by atoms with Gasteiger partial charge in [-0.25, -0.2) is 0 Å². The quantitative estimate of drug-likeness (QED) is 0.868. The molecule has 0 radical (unpaired) electrons. The number of thiophene rings is 1. The van der Waals surface area contributed by atoms with Gasteiger partial charge in [0.15, 0.2) is 0 Å². The Balaban J connectivity index is 1.88. The monoisotopic (exact) mass is 235 g/mol. The van der Waals surface area contributed by atoms with Crippen molar-refractivity contribution in [2.45, 2.75) is 31.2 Å². The molecule has 1 saturated carbocycles. The second-order valence-electron chi connectivity index (χ2n) is 4.13. The normalized spacial score (nSPS) is 25.1. The summed E-state index contributed by atoms with van der Waals surface area (Å²) in [5.74, 6) is 1.64. The Morgan fingerprint density at radius 1 is 1.44 bits per heavy atom. The summed E-state index contributed by atoms with van der Waals surface area (Å²) in [5.41, 5.74) is 6.01. The molecule has 2 aromatic heterocycles. The first kappa shape index (κ1) is 9.99. The first-order valence-corrected chi connectivity index (χ1v) is 6.35. The fourth-order valence-electron chi connectivity index (χ4n) is 2.19. The van der Waals surface area contributed by atoms with E-state index in [1.807, 2.05) is 17.5 Å². The molecule has 16 heavy (non-hydrogen) atoms. The average Bonchev–Trinajstić information content (AvgIpc) is 2.96. The van der Waals surface area contributed by atoms with Gasteiger partial charge in [0.25, 0.3) is 0 Å². The summed E-state index contributed by atoms with van der Waals surface area (Å²) in [6, 6.07) is 4.15. The van der Waals surface area contributed by atoms with Crippen molar-refractivity contribution in [3.8, 4) is 10.7 Å². The van der Waals surface area contributed by atoms with Gasteiger partial charge in [0, 0.05) is 6.04 Å². The Morgan fingerprint density at radius 3 is 3.06 bits per heavy atom. The van der Waals surface area contributed by atoms with Crippen LogP contribution in [0.25, 0.3) is 10.7 Å². The molecule has 1 aliphatic carbocycles. The number of hydrogen-bond acceptors (Lipinski definition) is 5. The molecule has 2 heterocycles. The zero-order chi connectivity index (χ0) is 11.0. The highest BCUT2D eigenvalue weighted by Crippen LogP contribution is 2.33. The van der Waals surface area contributed by atoms with E-state index in [-0.39, 0.29) is 12.0 Å². The molecule has 0 aromatic carbocycles. The molecule has 2 aromatic rings. The molecule has 2 unspecified atom stereocenters. The van der Waals surface area contributed by atoms with E-state index in [2.05, 4.69) is 10.1 Å². The number of nitrogens with two attached hydrogens (primary N) is 1. The SMILES string of the molecule is NC1CCCC1c1nc(-c2cccs2)no1. The second-order valence-corrected chi connectivity index (χ2v) is 5.08. The third-order valence-corrected chi connectivity index (χ3v) is 3.94. The van der Waals surface area contributed by atoms with E-state index >= 15 is 0 Å². The van der Waals surface area contributed by atoms with E-state index in [0.29, 0.717) is 11.7 Å². The van der Waals surface area contributed by atoms with Gasteiger partial charge in [0.2, 0.25) is 11.7 Å². The Kier molecular flexibility index (Phi) is 2.49. The van der Waals surface area contributed by atoms with Crippen LogP contribution in [0.15, 0.2) is 22.0 Å². The fraction of sp³-hybridized carbons (Fsp3) is 0.455. The van der Waals surface area contributed by atoms with Crippen LogP contribution < -0.4 is 5.73 Å². The molecule has 2 atom stereocenters. The fourth-order valence-corrected chi connectivity index (χ4v) is 2.84. The van der Waals surface area contributed by atoms with Crippen LogP contribution in [0.3, 0.4) is 0 Å². The van der Waals surface area contributed by atoms with Crippen molar-refractivity contribution in [1.82, 2.24) is 10.1 Å². The van der Waals surface area contributed by atoms with E-state index < -0.39 is 0 Å². The van der Waals surface area contributed by atoms with E-state index in [0.717, 1.165) is 24.1 Å². The predicted molar refractivity (Wildman–Crippen MR) is 62.2 cm³/mol. The molecule has 84 valence electrons. The van der Waals surface area contributed by atoms with E-state index in [9.17, 15) is 0 Å². The molecule has 3 rings (SSSR count). The van der Waals surface area contributed by atoms with Crippen molar-refractivity contribution in [3.05, 3.63) is 23.4 Å². The minimum absolute atomic E-state index is 0.177. The van der Waals surface area contributed by atoms with Crippen LogP contribution in [0.4, 0.5) is 0 Å². The molecule has 0 spiro atoms. The summed E-state index contributed by atoms with van der Waals surface area (Å²) in [5, 5.41) is 6.01. The van der Waals surface area contributed by atoms with Gasteiger partial charge in [-0.1, -0.05) is 17.6 Å². The Bertz CT molecular complexity index is 465. The van der Waals surface area contributed by atoms with Crippen LogP contribution in [-0.4, -0.2) is 16.2 Å². The number of nitrogens with zero attached hydrogens (tertiary/aromatic N) is 2. The zero-order valence-corrected chi connectivity index (χ0v) is 9.61. The highest BCUT2D eigenvalue weighted by atomic mass is 32.1. The van der Waals surface area contributed by atoms with Gasteiger partial charge in [0.05, 0.1) is 10.8 Å². The molecule has 4 nitrogen and oxygen atoms in total. The summed E-state index contributed by atoms with van der Waals surface area (Å²) in [4.78, 5) is 5.48. The lowest BCUT2D eigenvalue weighted by Crippen LogP contribution is -2.22. The Morgan fingerprint density at radius 2 is 2.38 bits per heavy atom. The highest BCUT2D eigenvalue weighted by molar-refractivity contribution is 7.13. The van der Waals surface area contributed by atoms with E-state index in [4.69, 9.17) is 10.3 Å². The lowest BCUT2D eigenvalue weighted by atomic mass is 10.1. The average molecular weight is 235 g/mol. The minimum Gasteiger partial charge on any atom is -0.339 e. The van der Waals surface area contributed by atoms with Crippen LogP contribution in [0, 0.1) is 0 Å². The summed E-state index contributed by atoms with van der Waals surface area (Å²) < 4.78 is 5.31. The van der Waals surface area contributed by atoms with Crippen LogP contribution in [0.1, 0.15) is 31.1 Å². The molecule has 1 aliphatic rings. The van der Waals surface area contributed by atoms with Gasteiger partial charge in [-0.05, 0) is 24.3 Å². The molecular weight excluding hydrogens is 222 g/mol. The van der Waals surface area contributed by atoms with Gasteiger partial charge in [-0.2, -0.15) is 4.98 Å². The molecule has 0 saturated heterocycles. The maximum absolute atomic E-state index is 6.01. The summed E-state index contributed by atoms with van der Waals surface area (Å²) in [6.07, 6.45) is 3.27. The summed E-state index contributed by atoms with van der Waals surface area (Å²) in [7, 11) is 0. The van der Waals surface area contributed by atoms with Crippen molar-refractivity contribution in [1.29, 1.82) is 0 Å². The van der Waals surface area contributed by atoms with Gasteiger partial charge in [-0.15, -0.1) is 11.3 Å². The number of hydrogen-bond donors (Lipinski definition) is 1. The van der Waals surface area contributed by atoms with Gasteiger partial charge in [0.1, 0.15) is 0 Å². The van der Waals surface area contributed by atoms with Crippen molar-refractivity contribution in [2.75, 3.05) is 0 Å². The lowest BCUT2D eigenvalue weighted by molar-refractivity contribution is 0.345. The standard InChI is InChI=1S/C11H13N3OS/c12-8-4-1-3-7(8)11-13-10(14-15-11)9-5-2-6-16-9/h2,5-8H,1,3-4,12H2. The Labute approximate surface area is 97.5 Å². The predicted octanol–water partition coefficient (Wildman–Crippen LogP) is 2.39. The van der Waals surface area contributed by atoms with Crippen molar-refractivity contribution in [2.24, 2.45) is 5.73 Å². The summed E-state index contributed by atoms with van der Waals surface area (Å²) >= 11 is 1.62. The molecule has 2 N–H and O–H groups in total. The smallest absolute Gasteiger partial charge is 0.231 e. The third-order valence-electron chi connectivity index (χ3n) is 3.07. The molecule has 0 aliphatic heterocycles. The maximum atomic E-state index is 6.01. The first-order valence-electron chi connectivity index (χ1n) is 5.47. The van der Waals surface area contributed by atoms with Gasteiger partial charge in [-0.3, -0.25) is 0 Å². The Hall–Kier alpha value is -1.20. The largest absolute Gasteiger partial charge is 0.339 e. The molecule has 0 bridgehead atoms. The minimum atomic E-state index is 0.177. The van der Waals surface area contributed by atoms with Crippen LogP contribution in [0.5, 0.6) is 0 Å². The van der Waals surface area contributed by atoms with E-state index in [1.165, 1.54) is 0 Å². The molecule has 1 fully saturated rings. The van der Waals surface area contributed by atoms with Crippen molar-refractivity contribution < 1.29 is 4.52 Å². The first-order chi connectivity index (χ1) is 7.84. The van der Waals surface area contributed by atoms with Crippen molar-refractivity contribution in [3.63, 3.8) is 0 Å². The molecule has 5 heteroatoms. The zero-order valence-electron chi connectivity index (χ0n) is 8.80. The van der Waals surface area contributed by atoms with E-state index in [1.54, 1.807) is 11.3 Å². The lowest BCUT2D eigenvalue weighted by Gasteiger charge is -2.08. The maximum Gasteiger partial charge on any atom is 0.231 e. The molecule has 0 amide bonds. The van der Waals surface area contributed by atoms with Crippen LogP contribution in [0.2, 0.25) is 0 Å². The summed E-state index contributed by atoms with van der Waals surface area (Å²) in [6.45, 7) is 0. The molecular formula is C11H13N3OS. The highest BCUT2D eigenvalue weighted by Gasteiger charge is 2.30. The third kappa shape index (κ3) is 1.66. The van der Waals surface area contributed by atoms with Gasteiger partial charge >= 0.3 is 0 Å². The topological polar surface area (TPSA) is 64.9 Å². The van der Waals surface area contributed by atoms with Crippen LogP contribution >= 0.6 is 11.3 Å². The van der Waals surface area contributed by atoms with Gasteiger partial charge < -0.3 is 10.3 Å².